The summed E-state index contributed by atoms with van der Waals surface area (Å²) in [7, 11) is 0. The van der Waals surface area contributed by atoms with E-state index in [1.807, 2.05) is 0 Å². The third-order valence-electron chi connectivity index (χ3n) is 12.6. The maximum absolute atomic E-state index is 2.58. The third kappa shape index (κ3) is 7.47. The predicted octanol–water partition coefficient (Wildman–Crippen LogP) is 15.9. The minimum absolute atomic E-state index is 0.743. The van der Waals surface area contributed by atoms with Crippen LogP contribution in [0.15, 0.2) is 243 Å². The van der Waals surface area contributed by atoms with Crippen LogP contribution in [-0.2, 0) is 13.0 Å². The summed E-state index contributed by atoms with van der Waals surface area (Å²) >= 11 is 0. The normalized spacial score (nSPS) is 11.4. The molecule has 0 aliphatic rings. The number of rotatable bonds is 11. The largest absolute Gasteiger partial charge is 0.367 e. The van der Waals surface area contributed by atoms with Gasteiger partial charge in [-0.05, 0) is 109 Å². The van der Waals surface area contributed by atoms with Crippen LogP contribution in [0.25, 0.3) is 82.8 Å². The second-order valence-corrected chi connectivity index (χ2v) is 16.4. The number of fused-ring (bicyclic) bond motifs is 4. The van der Waals surface area contributed by atoms with Gasteiger partial charge in [-0.25, -0.2) is 0 Å². The van der Waals surface area contributed by atoms with Crippen molar-refractivity contribution in [2.75, 3.05) is 11.4 Å². The van der Waals surface area contributed by atoms with E-state index in [0.29, 0.717) is 0 Å². The van der Waals surface area contributed by atoms with Gasteiger partial charge >= 0.3 is 0 Å². The molecule has 0 radical (unpaired) electrons. The van der Waals surface area contributed by atoms with Crippen LogP contribution in [0, 0.1) is 0 Å². The van der Waals surface area contributed by atoms with Gasteiger partial charge in [-0.2, -0.15) is 0 Å². The Morgan fingerprint density at radius 3 is 1.44 bits per heavy atom. The zero-order chi connectivity index (χ0) is 42.0. The van der Waals surface area contributed by atoms with Crippen LogP contribution in [0.5, 0.6) is 0 Å². The van der Waals surface area contributed by atoms with E-state index in [1.165, 1.54) is 99.6 Å². The number of aromatic nitrogens is 1. The standard InChI is InChI=1S/C61H46N2/c1-4-18-45(19-5-1)51-40-44(41-52(42-51)46-20-6-2-7-21-46)38-39-62(43-50-24-10-13-31-58(50)63-59-32-14-11-27-56(59)57-28-12-15-33-60(57)63)53-36-34-48(35-37-53)55-30-17-26-49-25-16-29-54(61(49)55)47-22-8-3-9-23-47/h1-37,40-42H,38-39,43H2. The van der Waals surface area contributed by atoms with Gasteiger partial charge in [-0.1, -0.05) is 206 Å². The van der Waals surface area contributed by atoms with Gasteiger partial charge in [0.1, 0.15) is 0 Å². The fourth-order valence-electron chi connectivity index (χ4n) is 9.54. The summed E-state index contributed by atoms with van der Waals surface area (Å²) in [5.74, 6) is 0. The molecule has 0 amide bonds. The van der Waals surface area contributed by atoms with Gasteiger partial charge in [0.2, 0.25) is 0 Å². The lowest BCUT2D eigenvalue weighted by molar-refractivity contribution is 0.779. The fourth-order valence-corrected chi connectivity index (χ4v) is 9.54. The Hall–Kier alpha value is -7.94. The van der Waals surface area contributed by atoms with Gasteiger partial charge < -0.3 is 9.47 Å². The zero-order valence-electron chi connectivity index (χ0n) is 35.1. The first kappa shape index (κ1) is 38.0. The third-order valence-corrected chi connectivity index (χ3v) is 12.6. The molecule has 1 aromatic heterocycles. The van der Waals surface area contributed by atoms with Crippen molar-refractivity contribution in [3.8, 4) is 50.2 Å². The quantitative estimate of drug-likeness (QED) is 0.126. The molecule has 0 spiro atoms. The Morgan fingerprint density at radius 1 is 0.365 bits per heavy atom. The molecule has 11 rings (SSSR count). The first-order chi connectivity index (χ1) is 31.2. The van der Waals surface area contributed by atoms with Crippen LogP contribution >= 0.6 is 0 Å². The second-order valence-electron chi connectivity index (χ2n) is 16.4. The number of benzene rings is 10. The van der Waals surface area contributed by atoms with E-state index >= 15 is 0 Å². The number of para-hydroxylation sites is 3. The predicted molar refractivity (Wildman–Crippen MR) is 268 cm³/mol. The van der Waals surface area contributed by atoms with Crippen molar-refractivity contribution in [3.05, 3.63) is 254 Å². The molecule has 1 heterocycles. The van der Waals surface area contributed by atoms with Crippen LogP contribution in [0.2, 0.25) is 0 Å². The first-order valence-corrected chi connectivity index (χ1v) is 22.0. The molecule has 2 heteroatoms. The molecule has 11 aromatic rings. The van der Waals surface area contributed by atoms with Crippen LogP contribution in [0.1, 0.15) is 11.1 Å². The zero-order valence-corrected chi connectivity index (χ0v) is 35.1. The van der Waals surface area contributed by atoms with E-state index in [0.717, 1.165) is 19.5 Å². The molecule has 0 fully saturated rings. The van der Waals surface area contributed by atoms with E-state index < -0.39 is 0 Å². The Balaban J connectivity index is 1.01. The highest BCUT2D eigenvalue weighted by Gasteiger charge is 2.18. The minimum atomic E-state index is 0.743. The van der Waals surface area contributed by atoms with E-state index in [-0.39, 0.29) is 0 Å². The molecule has 0 N–H and O–H groups in total. The van der Waals surface area contributed by atoms with Gasteiger partial charge in [0.05, 0.1) is 16.7 Å². The number of anilines is 1. The summed E-state index contributed by atoms with van der Waals surface area (Å²) in [5, 5.41) is 5.07. The topological polar surface area (TPSA) is 8.17 Å². The Kier molecular flexibility index (Phi) is 10.2. The molecule has 0 saturated carbocycles. The van der Waals surface area contributed by atoms with Crippen molar-refractivity contribution >= 4 is 38.3 Å². The molecular weight excluding hydrogens is 761 g/mol. The smallest absolute Gasteiger partial charge is 0.0541 e. The SMILES string of the molecule is c1ccc(-c2cc(CCN(Cc3ccccc3-n3c4ccccc4c4ccccc43)c3ccc(-c4cccc5cccc(-c6ccccc6)c45)cc3)cc(-c3ccccc3)c2)cc1. The Labute approximate surface area is 369 Å². The number of hydrogen-bond donors (Lipinski definition) is 0. The summed E-state index contributed by atoms with van der Waals surface area (Å²) in [5.41, 5.74) is 17.3. The molecule has 63 heavy (non-hydrogen) atoms. The highest BCUT2D eigenvalue weighted by Crippen LogP contribution is 2.38. The first-order valence-electron chi connectivity index (χ1n) is 22.0. The van der Waals surface area contributed by atoms with Crippen molar-refractivity contribution in [2.45, 2.75) is 13.0 Å². The highest BCUT2D eigenvalue weighted by molar-refractivity contribution is 6.09. The maximum atomic E-state index is 2.58. The Bertz CT molecular complexity index is 3230. The lowest BCUT2D eigenvalue weighted by Crippen LogP contribution is -2.26. The molecule has 0 saturated heterocycles. The maximum Gasteiger partial charge on any atom is 0.0541 e. The highest BCUT2D eigenvalue weighted by atomic mass is 15.1. The van der Waals surface area contributed by atoms with Gasteiger partial charge in [0, 0.05) is 29.5 Å². The van der Waals surface area contributed by atoms with Crippen molar-refractivity contribution in [1.82, 2.24) is 4.57 Å². The van der Waals surface area contributed by atoms with E-state index in [2.05, 4.69) is 252 Å². The molecule has 0 aliphatic carbocycles. The molecule has 0 atom stereocenters. The van der Waals surface area contributed by atoms with Crippen LogP contribution in [0.3, 0.4) is 0 Å². The van der Waals surface area contributed by atoms with Gasteiger partial charge in [-0.3, -0.25) is 0 Å². The van der Waals surface area contributed by atoms with Crippen LogP contribution < -0.4 is 4.90 Å². The Morgan fingerprint density at radius 2 is 0.857 bits per heavy atom. The average molecular weight is 807 g/mol. The van der Waals surface area contributed by atoms with Crippen LogP contribution in [0.4, 0.5) is 5.69 Å². The number of nitrogens with zero attached hydrogens (tertiary/aromatic N) is 2. The van der Waals surface area contributed by atoms with Gasteiger partial charge in [-0.15, -0.1) is 0 Å². The monoisotopic (exact) mass is 806 g/mol. The second kappa shape index (κ2) is 16.8. The summed E-state index contributed by atoms with van der Waals surface area (Å²) < 4.78 is 2.46. The van der Waals surface area contributed by atoms with Crippen LogP contribution in [-0.4, -0.2) is 11.1 Å². The van der Waals surface area contributed by atoms with E-state index in [1.54, 1.807) is 0 Å². The van der Waals surface area contributed by atoms with E-state index in [9.17, 15) is 0 Å². The van der Waals surface area contributed by atoms with E-state index in [4.69, 9.17) is 0 Å². The number of hydrogen-bond acceptors (Lipinski definition) is 1. The molecule has 0 bridgehead atoms. The minimum Gasteiger partial charge on any atom is -0.367 e. The van der Waals surface area contributed by atoms with Crippen molar-refractivity contribution in [3.63, 3.8) is 0 Å². The van der Waals surface area contributed by atoms with Crippen molar-refractivity contribution in [2.24, 2.45) is 0 Å². The molecule has 10 aromatic carbocycles. The molecule has 300 valence electrons. The van der Waals surface area contributed by atoms with Crippen molar-refractivity contribution < 1.29 is 0 Å². The fraction of sp³-hybridized carbons (Fsp3) is 0.0492. The lowest BCUT2D eigenvalue weighted by atomic mass is 9.91. The molecular formula is C61H46N2. The molecule has 0 aliphatic heterocycles. The lowest BCUT2D eigenvalue weighted by Gasteiger charge is -2.27. The summed E-state index contributed by atoms with van der Waals surface area (Å²) in [4.78, 5) is 2.58. The average Bonchev–Trinajstić information content (AvgIpc) is 3.70. The summed E-state index contributed by atoms with van der Waals surface area (Å²) in [6, 6.07) is 88.6. The van der Waals surface area contributed by atoms with Crippen molar-refractivity contribution in [1.29, 1.82) is 0 Å². The summed E-state index contributed by atoms with van der Waals surface area (Å²) in [6.45, 7) is 1.58. The molecule has 0 unspecified atom stereocenters. The van der Waals surface area contributed by atoms with Gasteiger partial charge in [0.25, 0.3) is 0 Å². The molecule has 2 nitrogen and oxygen atoms in total. The summed E-state index contributed by atoms with van der Waals surface area (Å²) in [6.07, 6.45) is 0.879. The van der Waals surface area contributed by atoms with Gasteiger partial charge in [0.15, 0.2) is 0 Å².